The molecule has 0 aliphatic heterocycles. The molecule has 1 amide bonds. The fourth-order valence-corrected chi connectivity index (χ4v) is 2.01. The van der Waals surface area contributed by atoms with Gasteiger partial charge >= 0.3 is 0 Å². The number of rotatable bonds is 3. The van der Waals surface area contributed by atoms with Gasteiger partial charge < -0.3 is 10.3 Å². The lowest BCUT2D eigenvalue weighted by Gasteiger charge is -2.02. The van der Waals surface area contributed by atoms with Crippen LogP contribution in [0.15, 0.2) is 41.6 Å². The van der Waals surface area contributed by atoms with E-state index in [1.807, 2.05) is 12.1 Å². The first-order valence-corrected chi connectivity index (χ1v) is 6.40. The molecule has 3 rings (SSSR count). The zero-order valence-electron chi connectivity index (χ0n) is 11.3. The third-order valence-corrected chi connectivity index (χ3v) is 3.03. The fraction of sp³-hybridized carbons (Fsp3) is 0.143. The smallest absolute Gasteiger partial charge is 0.274 e. The van der Waals surface area contributed by atoms with E-state index >= 15 is 0 Å². The molecular formula is C14H13N5O2. The minimum atomic E-state index is -0.326. The van der Waals surface area contributed by atoms with E-state index in [1.54, 1.807) is 25.5 Å². The van der Waals surface area contributed by atoms with Crippen LogP contribution in [0, 0.1) is 6.92 Å². The highest BCUT2D eigenvalue weighted by Crippen LogP contribution is 2.03. The Morgan fingerprint density at radius 1 is 1.38 bits per heavy atom. The lowest BCUT2D eigenvalue weighted by molar-refractivity contribution is 0.0945. The van der Waals surface area contributed by atoms with Gasteiger partial charge in [0, 0.05) is 36.9 Å². The van der Waals surface area contributed by atoms with Gasteiger partial charge in [-0.15, -0.1) is 0 Å². The molecule has 0 spiro atoms. The number of amides is 1. The quantitative estimate of drug-likeness (QED) is 0.738. The molecule has 0 bridgehead atoms. The number of hydrogen-bond donors (Lipinski definition) is 2. The number of carbonyl (C=O) groups is 1. The first-order chi connectivity index (χ1) is 10.1. The Morgan fingerprint density at radius 3 is 2.90 bits per heavy atom. The van der Waals surface area contributed by atoms with E-state index in [0.717, 1.165) is 5.56 Å². The van der Waals surface area contributed by atoms with Gasteiger partial charge in [0.1, 0.15) is 5.52 Å². The van der Waals surface area contributed by atoms with E-state index < -0.39 is 0 Å². The van der Waals surface area contributed by atoms with Gasteiger partial charge in [-0.25, -0.2) is 4.52 Å². The molecule has 7 nitrogen and oxygen atoms in total. The predicted molar refractivity (Wildman–Crippen MR) is 76.0 cm³/mol. The molecule has 0 aromatic carbocycles. The summed E-state index contributed by atoms with van der Waals surface area (Å²) in [7, 11) is 0. The summed E-state index contributed by atoms with van der Waals surface area (Å²) in [4.78, 5) is 30.4. The average molecular weight is 283 g/mol. The van der Waals surface area contributed by atoms with Crippen molar-refractivity contribution in [1.29, 1.82) is 0 Å². The monoisotopic (exact) mass is 283 g/mol. The Hall–Kier alpha value is -2.96. The Labute approximate surface area is 119 Å². The summed E-state index contributed by atoms with van der Waals surface area (Å²) in [6, 6.07) is 5.11. The number of nitrogens with one attached hydrogen (secondary N) is 2. The highest BCUT2D eigenvalue weighted by molar-refractivity contribution is 5.93. The molecule has 0 aliphatic rings. The van der Waals surface area contributed by atoms with Crippen molar-refractivity contribution in [3.8, 4) is 0 Å². The van der Waals surface area contributed by atoms with Crippen molar-refractivity contribution in [2.75, 3.05) is 0 Å². The number of hydrogen-bond acceptors (Lipinski definition) is 4. The number of pyridine rings is 1. The Bertz CT molecular complexity index is 851. The second kappa shape index (κ2) is 5.20. The third-order valence-electron chi connectivity index (χ3n) is 3.03. The normalized spacial score (nSPS) is 10.7. The van der Waals surface area contributed by atoms with Crippen LogP contribution in [-0.4, -0.2) is 25.5 Å². The van der Waals surface area contributed by atoms with E-state index in [4.69, 9.17) is 0 Å². The Morgan fingerprint density at radius 2 is 2.14 bits per heavy atom. The van der Waals surface area contributed by atoms with Crippen LogP contribution in [0.1, 0.15) is 21.7 Å². The summed E-state index contributed by atoms with van der Waals surface area (Å²) in [5.74, 6) is -0.326. The van der Waals surface area contributed by atoms with Crippen molar-refractivity contribution in [2.24, 2.45) is 0 Å². The summed E-state index contributed by atoms with van der Waals surface area (Å²) in [5, 5.41) is 6.87. The van der Waals surface area contributed by atoms with Gasteiger partial charge in [0.2, 0.25) is 0 Å². The van der Waals surface area contributed by atoms with Crippen LogP contribution < -0.4 is 10.9 Å². The van der Waals surface area contributed by atoms with Crippen LogP contribution in [0.5, 0.6) is 0 Å². The Balaban J connectivity index is 1.82. The standard InChI is InChI=1S/C14H13N5O2/c1-9-8-19-12(14(21)17-9)6-11(18-19)13(20)16-7-10-2-4-15-5-3-10/h2-6,8H,7H2,1H3,(H,16,20)(H,17,21). The number of aromatic nitrogens is 4. The molecule has 106 valence electrons. The van der Waals surface area contributed by atoms with Gasteiger partial charge in [-0.2, -0.15) is 5.10 Å². The maximum atomic E-state index is 12.1. The molecule has 3 aromatic rings. The van der Waals surface area contributed by atoms with Gasteiger partial charge in [0.15, 0.2) is 5.69 Å². The lowest BCUT2D eigenvalue weighted by Crippen LogP contribution is -2.23. The van der Waals surface area contributed by atoms with E-state index in [1.165, 1.54) is 10.6 Å². The van der Waals surface area contributed by atoms with Crippen molar-refractivity contribution in [1.82, 2.24) is 24.9 Å². The maximum Gasteiger partial charge on any atom is 0.274 e. The highest BCUT2D eigenvalue weighted by atomic mass is 16.2. The maximum absolute atomic E-state index is 12.1. The van der Waals surface area contributed by atoms with Crippen molar-refractivity contribution < 1.29 is 4.79 Å². The molecule has 21 heavy (non-hydrogen) atoms. The van der Waals surface area contributed by atoms with Crippen molar-refractivity contribution in [2.45, 2.75) is 13.5 Å². The molecule has 0 aliphatic carbocycles. The van der Waals surface area contributed by atoms with E-state index in [2.05, 4.69) is 20.4 Å². The second-order valence-electron chi connectivity index (χ2n) is 4.66. The molecular weight excluding hydrogens is 270 g/mol. The number of H-pyrrole nitrogens is 1. The molecule has 0 atom stereocenters. The van der Waals surface area contributed by atoms with Crippen molar-refractivity contribution in [3.05, 3.63) is 64.1 Å². The molecule has 0 radical (unpaired) electrons. The molecule has 0 saturated heterocycles. The number of carbonyl (C=O) groups excluding carboxylic acids is 1. The van der Waals surface area contributed by atoms with Crippen molar-refractivity contribution in [3.63, 3.8) is 0 Å². The molecule has 0 saturated carbocycles. The summed E-state index contributed by atoms with van der Waals surface area (Å²) in [5.41, 5.74) is 1.90. The van der Waals surface area contributed by atoms with E-state index in [0.29, 0.717) is 17.8 Å². The SMILES string of the molecule is Cc1cn2nc(C(=O)NCc3ccncc3)cc2c(=O)[nH]1. The van der Waals surface area contributed by atoms with Crippen LogP contribution in [0.4, 0.5) is 0 Å². The average Bonchev–Trinajstić information content (AvgIpc) is 2.90. The van der Waals surface area contributed by atoms with Crippen molar-refractivity contribution >= 4 is 11.4 Å². The summed E-state index contributed by atoms with van der Waals surface area (Å²) >= 11 is 0. The molecule has 3 aromatic heterocycles. The molecule has 7 heteroatoms. The molecule has 0 unspecified atom stereocenters. The van der Waals surface area contributed by atoms with Gasteiger partial charge in [-0.3, -0.25) is 14.6 Å². The first kappa shape index (κ1) is 13.0. The summed E-state index contributed by atoms with van der Waals surface area (Å²) in [6.07, 6.45) is 4.99. The summed E-state index contributed by atoms with van der Waals surface area (Å²) < 4.78 is 1.41. The highest BCUT2D eigenvalue weighted by Gasteiger charge is 2.12. The summed E-state index contributed by atoms with van der Waals surface area (Å²) in [6.45, 7) is 2.14. The van der Waals surface area contributed by atoms with Crippen LogP contribution in [0.3, 0.4) is 0 Å². The minimum Gasteiger partial charge on any atom is -0.347 e. The van der Waals surface area contributed by atoms with Gasteiger partial charge in [0.05, 0.1) is 0 Å². The first-order valence-electron chi connectivity index (χ1n) is 6.40. The van der Waals surface area contributed by atoms with Crippen LogP contribution in [-0.2, 0) is 6.54 Å². The minimum absolute atomic E-state index is 0.208. The van der Waals surface area contributed by atoms with Gasteiger partial charge in [-0.1, -0.05) is 0 Å². The molecule has 2 N–H and O–H groups in total. The van der Waals surface area contributed by atoms with Gasteiger partial charge in [0.25, 0.3) is 11.5 Å². The molecule has 0 fully saturated rings. The number of fused-ring (bicyclic) bond motifs is 1. The van der Waals surface area contributed by atoms with Crippen LogP contribution >= 0.6 is 0 Å². The number of aryl methyl sites for hydroxylation is 1. The largest absolute Gasteiger partial charge is 0.347 e. The lowest BCUT2D eigenvalue weighted by atomic mass is 10.2. The predicted octanol–water partition coefficient (Wildman–Crippen LogP) is 0.656. The Kier molecular flexibility index (Phi) is 3.23. The van der Waals surface area contributed by atoms with E-state index in [9.17, 15) is 9.59 Å². The fourth-order valence-electron chi connectivity index (χ4n) is 2.01. The van der Waals surface area contributed by atoms with Crippen LogP contribution in [0.25, 0.3) is 5.52 Å². The van der Waals surface area contributed by atoms with E-state index in [-0.39, 0.29) is 17.2 Å². The molecule has 3 heterocycles. The topological polar surface area (TPSA) is 92.2 Å². The second-order valence-corrected chi connectivity index (χ2v) is 4.66. The third kappa shape index (κ3) is 2.66. The number of aromatic amines is 1. The number of nitrogens with zero attached hydrogens (tertiary/aromatic N) is 3. The van der Waals surface area contributed by atoms with Crippen LogP contribution in [0.2, 0.25) is 0 Å². The van der Waals surface area contributed by atoms with Gasteiger partial charge in [-0.05, 0) is 24.6 Å². The zero-order chi connectivity index (χ0) is 14.8. The zero-order valence-corrected chi connectivity index (χ0v) is 11.3.